The first-order valence-electron chi connectivity index (χ1n) is 8.75. The monoisotopic (exact) mass is 330 g/mol. The minimum Gasteiger partial charge on any atom is -0.380 e. The van der Waals surface area contributed by atoms with E-state index < -0.39 is 0 Å². The van der Waals surface area contributed by atoms with Crippen molar-refractivity contribution in [2.24, 2.45) is 0 Å². The van der Waals surface area contributed by atoms with E-state index in [1.165, 1.54) is 5.56 Å². The number of hydrogen-bond acceptors (Lipinski definition) is 4. The van der Waals surface area contributed by atoms with Gasteiger partial charge in [-0.1, -0.05) is 30.3 Å². The maximum Gasteiger partial charge on any atom is 0.0535 e. The molecule has 0 saturated carbocycles. The molecule has 1 saturated heterocycles. The zero-order valence-electron chi connectivity index (χ0n) is 14.2. The molecule has 3 heterocycles. The fourth-order valence-corrected chi connectivity index (χ4v) is 3.39. The van der Waals surface area contributed by atoms with Crippen molar-refractivity contribution < 1.29 is 0 Å². The lowest BCUT2D eigenvalue weighted by atomic mass is 10.1. The Hall–Kier alpha value is -2.72. The van der Waals surface area contributed by atoms with Gasteiger partial charge in [-0.15, -0.1) is 0 Å². The van der Waals surface area contributed by atoms with E-state index in [2.05, 4.69) is 56.6 Å². The first-order chi connectivity index (χ1) is 12.4. The second kappa shape index (κ2) is 7.45. The van der Waals surface area contributed by atoms with Crippen LogP contribution in [0.1, 0.15) is 12.0 Å². The molecule has 1 aliphatic rings. The van der Waals surface area contributed by atoms with Gasteiger partial charge in [0.1, 0.15) is 0 Å². The smallest absolute Gasteiger partial charge is 0.0535 e. The minimum atomic E-state index is 0.471. The minimum absolute atomic E-state index is 0.471. The zero-order chi connectivity index (χ0) is 16.9. The Kier molecular flexibility index (Phi) is 4.70. The number of rotatable bonds is 5. The van der Waals surface area contributed by atoms with Crippen LogP contribution in [0.2, 0.25) is 0 Å². The van der Waals surface area contributed by atoms with Gasteiger partial charge in [-0.3, -0.25) is 14.9 Å². The molecular weight excluding hydrogens is 308 g/mol. The topological polar surface area (TPSA) is 41.0 Å². The van der Waals surface area contributed by atoms with Crippen LogP contribution in [0.5, 0.6) is 0 Å². The summed E-state index contributed by atoms with van der Waals surface area (Å²) in [5.74, 6) is 0. The van der Waals surface area contributed by atoms with Gasteiger partial charge in [0.2, 0.25) is 0 Å². The highest BCUT2D eigenvalue weighted by molar-refractivity contribution is 5.66. The second-order valence-corrected chi connectivity index (χ2v) is 6.55. The fraction of sp³-hybridized carbons (Fsp3) is 0.238. The Balaban J connectivity index is 1.38. The van der Waals surface area contributed by atoms with E-state index in [1.54, 1.807) is 0 Å². The van der Waals surface area contributed by atoms with Crippen LogP contribution in [0.15, 0.2) is 73.3 Å². The van der Waals surface area contributed by atoms with Crippen LogP contribution in [0.3, 0.4) is 0 Å². The molecule has 4 rings (SSSR count). The van der Waals surface area contributed by atoms with Gasteiger partial charge in [-0.25, -0.2) is 0 Å². The molecule has 1 N–H and O–H groups in total. The average molecular weight is 330 g/mol. The molecule has 0 spiro atoms. The largest absolute Gasteiger partial charge is 0.380 e. The van der Waals surface area contributed by atoms with E-state index in [-0.39, 0.29) is 0 Å². The number of aromatic nitrogens is 2. The molecule has 4 nitrogen and oxygen atoms in total. The maximum atomic E-state index is 4.39. The predicted octanol–water partition coefficient (Wildman–Crippen LogP) is 3.83. The lowest BCUT2D eigenvalue weighted by molar-refractivity contribution is 0.328. The van der Waals surface area contributed by atoms with E-state index in [4.69, 9.17) is 0 Å². The Bertz CT molecular complexity index is 804. The number of anilines is 1. The van der Waals surface area contributed by atoms with E-state index >= 15 is 0 Å². The Morgan fingerprint density at radius 2 is 1.80 bits per heavy atom. The van der Waals surface area contributed by atoms with Crippen molar-refractivity contribution in [3.05, 3.63) is 78.9 Å². The summed E-state index contributed by atoms with van der Waals surface area (Å²) >= 11 is 0. The van der Waals surface area contributed by atoms with Crippen molar-refractivity contribution in [2.45, 2.75) is 19.0 Å². The Morgan fingerprint density at radius 3 is 2.64 bits per heavy atom. The normalized spacial score (nSPS) is 17.5. The summed E-state index contributed by atoms with van der Waals surface area (Å²) in [4.78, 5) is 11.0. The number of nitrogens with one attached hydrogen (secondary N) is 1. The Labute approximate surface area is 148 Å². The molecule has 1 atom stereocenters. The molecule has 1 fully saturated rings. The first kappa shape index (κ1) is 15.8. The van der Waals surface area contributed by atoms with Gasteiger partial charge < -0.3 is 5.32 Å². The molecule has 0 aliphatic carbocycles. The third-order valence-electron chi connectivity index (χ3n) is 4.64. The molecule has 0 bridgehead atoms. The highest BCUT2D eigenvalue weighted by Gasteiger charge is 2.22. The number of benzene rings is 1. The average Bonchev–Trinajstić information content (AvgIpc) is 3.10. The van der Waals surface area contributed by atoms with Gasteiger partial charge in [0.25, 0.3) is 0 Å². The number of nitrogens with zero attached hydrogens (tertiary/aromatic N) is 3. The number of hydrogen-bond donors (Lipinski definition) is 1. The lowest BCUT2D eigenvalue weighted by Gasteiger charge is -2.17. The van der Waals surface area contributed by atoms with Gasteiger partial charge >= 0.3 is 0 Å². The van der Waals surface area contributed by atoms with Crippen LogP contribution in [-0.2, 0) is 6.54 Å². The van der Waals surface area contributed by atoms with E-state index in [9.17, 15) is 0 Å². The SMILES string of the molecule is c1ccc(CN2CCC(Nc3cncc(-c4ccncc4)c3)C2)cc1. The van der Waals surface area contributed by atoms with Crippen LogP contribution in [0.4, 0.5) is 5.69 Å². The molecule has 0 amide bonds. The summed E-state index contributed by atoms with van der Waals surface area (Å²) in [6, 6.07) is 17.3. The molecule has 126 valence electrons. The van der Waals surface area contributed by atoms with E-state index in [1.807, 2.05) is 36.9 Å². The molecular formula is C21H22N4. The second-order valence-electron chi connectivity index (χ2n) is 6.55. The van der Waals surface area contributed by atoms with Gasteiger partial charge in [-0.2, -0.15) is 0 Å². The third-order valence-corrected chi connectivity index (χ3v) is 4.64. The zero-order valence-corrected chi connectivity index (χ0v) is 14.2. The van der Waals surface area contributed by atoms with Crippen molar-refractivity contribution in [2.75, 3.05) is 18.4 Å². The molecule has 4 heteroatoms. The molecule has 3 aromatic rings. The van der Waals surface area contributed by atoms with Crippen molar-refractivity contribution >= 4 is 5.69 Å². The number of likely N-dealkylation sites (tertiary alicyclic amines) is 1. The summed E-state index contributed by atoms with van der Waals surface area (Å²) in [6.07, 6.45) is 8.59. The third kappa shape index (κ3) is 4.03. The van der Waals surface area contributed by atoms with Crippen LogP contribution in [0, 0.1) is 0 Å². The van der Waals surface area contributed by atoms with Crippen molar-refractivity contribution in [1.29, 1.82) is 0 Å². The van der Waals surface area contributed by atoms with Crippen molar-refractivity contribution in [3.63, 3.8) is 0 Å². The van der Waals surface area contributed by atoms with Crippen molar-refractivity contribution in [3.8, 4) is 11.1 Å². The first-order valence-corrected chi connectivity index (χ1v) is 8.75. The van der Waals surface area contributed by atoms with E-state index in [0.717, 1.165) is 42.9 Å². The highest BCUT2D eigenvalue weighted by atomic mass is 15.2. The molecule has 1 unspecified atom stereocenters. The highest BCUT2D eigenvalue weighted by Crippen LogP contribution is 2.23. The summed E-state index contributed by atoms with van der Waals surface area (Å²) < 4.78 is 0. The summed E-state index contributed by atoms with van der Waals surface area (Å²) in [6.45, 7) is 3.22. The summed E-state index contributed by atoms with van der Waals surface area (Å²) in [5.41, 5.74) is 4.72. The molecule has 25 heavy (non-hydrogen) atoms. The summed E-state index contributed by atoms with van der Waals surface area (Å²) in [5, 5.41) is 3.65. The van der Waals surface area contributed by atoms with Crippen LogP contribution < -0.4 is 5.32 Å². The Morgan fingerprint density at radius 1 is 0.960 bits per heavy atom. The lowest BCUT2D eigenvalue weighted by Crippen LogP contribution is -2.26. The maximum absolute atomic E-state index is 4.39. The quantitative estimate of drug-likeness (QED) is 0.772. The van der Waals surface area contributed by atoms with Crippen LogP contribution >= 0.6 is 0 Å². The van der Waals surface area contributed by atoms with Crippen LogP contribution in [-0.4, -0.2) is 34.0 Å². The number of pyridine rings is 2. The van der Waals surface area contributed by atoms with Gasteiger partial charge in [0, 0.05) is 56.0 Å². The predicted molar refractivity (Wildman–Crippen MR) is 101 cm³/mol. The van der Waals surface area contributed by atoms with Gasteiger partial charge in [0.15, 0.2) is 0 Å². The van der Waals surface area contributed by atoms with E-state index in [0.29, 0.717) is 6.04 Å². The van der Waals surface area contributed by atoms with Gasteiger partial charge in [0.05, 0.1) is 5.69 Å². The van der Waals surface area contributed by atoms with Gasteiger partial charge in [-0.05, 0) is 35.7 Å². The molecule has 2 aromatic heterocycles. The summed E-state index contributed by atoms with van der Waals surface area (Å²) in [7, 11) is 0. The molecule has 0 radical (unpaired) electrons. The van der Waals surface area contributed by atoms with Crippen molar-refractivity contribution in [1.82, 2.24) is 14.9 Å². The fourth-order valence-electron chi connectivity index (χ4n) is 3.39. The standard InChI is InChI=1S/C21H22N4/c1-2-4-17(5-3-1)15-25-11-8-20(16-25)24-21-12-19(13-23-14-21)18-6-9-22-10-7-18/h1-7,9-10,12-14,20,24H,8,11,15-16H2. The molecule has 1 aromatic carbocycles. The van der Waals surface area contributed by atoms with Crippen LogP contribution in [0.25, 0.3) is 11.1 Å². The molecule has 1 aliphatic heterocycles.